The molecule has 0 bridgehead atoms. The van der Waals surface area contributed by atoms with E-state index in [1.807, 2.05) is 0 Å². The van der Waals surface area contributed by atoms with E-state index in [1.54, 1.807) is 6.92 Å². The first kappa shape index (κ1) is 21.0. The van der Waals surface area contributed by atoms with Crippen molar-refractivity contribution in [2.24, 2.45) is 0 Å². The standard InChI is InChI=1S/C17H18F4N2O3S2/c1-11-9-22(15-4-2-12(18)8-14(15)17(19,20)21)6-7-23(11)28(25,26)16-5-3-13(10-24)27-16/h2-5,8,11,24H,6-7,9-10H2,1H3/t11-/m1/s1. The molecular formula is C17H18F4N2O3S2. The van der Waals surface area contributed by atoms with E-state index in [9.17, 15) is 26.0 Å². The molecule has 2 aromatic rings. The molecule has 0 aliphatic carbocycles. The number of hydrogen-bond donors (Lipinski definition) is 1. The zero-order valence-corrected chi connectivity index (χ0v) is 16.4. The van der Waals surface area contributed by atoms with Crippen molar-refractivity contribution in [3.05, 3.63) is 46.6 Å². The number of hydrogen-bond acceptors (Lipinski definition) is 5. The third-order valence-corrected chi connectivity index (χ3v) is 8.08. The maximum absolute atomic E-state index is 13.3. The van der Waals surface area contributed by atoms with Crippen molar-refractivity contribution in [2.45, 2.75) is 30.0 Å². The topological polar surface area (TPSA) is 60.9 Å². The molecule has 5 nitrogen and oxygen atoms in total. The van der Waals surface area contributed by atoms with Crippen LogP contribution < -0.4 is 4.90 Å². The van der Waals surface area contributed by atoms with Crippen molar-refractivity contribution in [2.75, 3.05) is 24.5 Å². The molecular weight excluding hydrogens is 420 g/mol. The SMILES string of the molecule is C[C@@H]1CN(c2ccc(F)cc2C(F)(F)F)CCN1S(=O)(=O)c1ccc(CO)s1. The highest BCUT2D eigenvalue weighted by molar-refractivity contribution is 7.91. The van der Waals surface area contributed by atoms with Gasteiger partial charge in [-0.15, -0.1) is 11.3 Å². The van der Waals surface area contributed by atoms with E-state index in [1.165, 1.54) is 21.3 Å². The van der Waals surface area contributed by atoms with Crippen LogP contribution in [-0.2, 0) is 22.8 Å². The van der Waals surface area contributed by atoms with Gasteiger partial charge < -0.3 is 10.0 Å². The van der Waals surface area contributed by atoms with Crippen LogP contribution in [-0.4, -0.2) is 43.5 Å². The van der Waals surface area contributed by atoms with Crippen LogP contribution in [0.1, 0.15) is 17.4 Å². The van der Waals surface area contributed by atoms with Gasteiger partial charge in [-0.3, -0.25) is 0 Å². The Kier molecular flexibility index (Phi) is 5.72. The van der Waals surface area contributed by atoms with E-state index >= 15 is 0 Å². The quantitative estimate of drug-likeness (QED) is 0.745. The first-order valence-corrected chi connectivity index (χ1v) is 10.6. The molecule has 0 amide bonds. The fourth-order valence-corrected chi connectivity index (χ4v) is 6.18. The van der Waals surface area contributed by atoms with Gasteiger partial charge in [0.2, 0.25) is 0 Å². The predicted molar refractivity (Wildman–Crippen MR) is 97.2 cm³/mol. The number of sulfonamides is 1. The fourth-order valence-electron chi connectivity index (χ4n) is 3.23. The molecule has 1 N–H and O–H groups in total. The average molecular weight is 438 g/mol. The molecule has 28 heavy (non-hydrogen) atoms. The Labute approximate surface area is 163 Å². The molecule has 1 saturated heterocycles. The molecule has 3 rings (SSSR count). The number of thiophene rings is 1. The normalized spacial score (nSPS) is 19.2. The number of benzene rings is 1. The van der Waals surface area contributed by atoms with Crippen molar-refractivity contribution >= 4 is 27.0 Å². The van der Waals surface area contributed by atoms with Gasteiger partial charge in [0.15, 0.2) is 0 Å². The van der Waals surface area contributed by atoms with Crippen LogP contribution in [0.2, 0.25) is 0 Å². The van der Waals surface area contributed by atoms with Gasteiger partial charge in [-0.05, 0) is 37.3 Å². The molecule has 0 spiro atoms. The second kappa shape index (κ2) is 7.62. The van der Waals surface area contributed by atoms with Crippen molar-refractivity contribution < 1.29 is 31.1 Å². The summed E-state index contributed by atoms with van der Waals surface area (Å²) in [6, 6.07) is 4.82. The maximum Gasteiger partial charge on any atom is 0.418 e. The van der Waals surface area contributed by atoms with Gasteiger partial charge in [0, 0.05) is 36.2 Å². The average Bonchev–Trinajstić information content (AvgIpc) is 3.10. The molecule has 2 heterocycles. The summed E-state index contributed by atoms with van der Waals surface area (Å²) < 4.78 is 80.2. The highest BCUT2D eigenvalue weighted by Gasteiger charge is 2.39. The van der Waals surface area contributed by atoms with Crippen LogP contribution in [0, 0.1) is 5.82 Å². The molecule has 154 valence electrons. The Bertz CT molecular complexity index is 960. The van der Waals surface area contributed by atoms with E-state index in [0.29, 0.717) is 10.9 Å². The number of anilines is 1. The van der Waals surface area contributed by atoms with Crippen LogP contribution in [0.25, 0.3) is 0 Å². The molecule has 0 radical (unpaired) electrons. The van der Waals surface area contributed by atoms with Gasteiger partial charge in [-0.2, -0.15) is 17.5 Å². The van der Waals surface area contributed by atoms with E-state index in [4.69, 9.17) is 5.11 Å². The molecule has 11 heteroatoms. The molecule has 1 atom stereocenters. The Morgan fingerprint density at radius 2 is 1.93 bits per heavy atom. The summed E-state index contributed by atoms with van der Waals surface area (Å²) in [5.74, 6) is -0.984. The number of aliphatic hydroxyl groups is 1. The number of halogens is 4. The Morgan fingerprint density at radius 1 is 1.21 bits per heavy atom. The summed E-state index contributed by atoms with van der Waals surface area (Å²) in [6.45, 7) is 1.41. The number of aliphatic hydroxyl groups excluding tert-OH is 1. The van der Waals surface area contributed by atoms with Crippen molar-refractivity contribution in [1.29, 1.82) is 0 Å². The zero-order valence-electron chi connectivity index (χ0n) is 14.8. The minimum atomic E-state index is -4.72. The molecule has 1 aliphatic rings. The van der Waals surface area contributed by atoms with Crippen molar-refractivity contribution in [3.8, 4) is 0 Å². The van der Waals surface area contributed by atoms with Crippen LogP contribution in [0.4, 0.5) is 23.2 Å². The van der Waals surface area contributed by atoms with Gasteiger partial charge in [0.1, 0.15) is 10.0 Å². The Hall–Kier alpha value is -1.69. The smallest absolute Gasteiger partial charge is 0.391 e. The van der Waals surface area contributed by atoms with Crippen molar-refractivity contribution in [1.82, 2.24) is 4.31 Å². The highest BCUT2D eigenvalue weighted by atomic mass is 32.2. The minimum Gasteiger partial charge on any atom is -0.391 e. The van der Waals surface area contributed by atoms with Gasteiger partial charge in [-0.1, -0.05) is 0 Å². The monoisotopic (exact) mass is 438 g/mol. The van der Waals surface area contributed by atoms with Gasteiger partial charge >= 0.3 is 6.18 Å². The molecule has 1 aromatic carbocycles. The maximum atomic E-state index is 13.3. The first-order valence-electron chi connectivity index (χ1n) is 8.37. The van der Waals surface area contributed by atoms with E-state index in [-0.39, 0.29) is 36.1 Å². The van der Waals surface area contributed by atoms with Crippen LogP contribution in [0.5, 0.6) is 0 Å². The van der Waals surface area contributed by atoms with Crippen LogP contribution in [0.3, 0.4) is 0 Å². The molecule has 0 saturated carbocycles. The van der Waals surface area contributed by atoms with E-state index in [0.717, 1.165) is 23.5 Å². The Morgan fingerprint density at radius 3 is 2.50 bits per heavy atom. The van der Waals surface area contributed by atoms with E-state index in [2.05, 4.69) is 0 Å². The summed E-state index contributed by atoms with van der Waals surface area (Å²) in [5, 5.41) is 9.13. The lowest BCUT2D eigenvalue weighted by molar-refractivity contribution is -0.137. The molecule has 0 unspecified atom stereocenters. The summed E-state index contributed by atoms with van der Waals surface area (Å²) in [5.41, 5.74) is -1.25. The summed E-state index contributed by atoms with van der Waals surface area (Å²) in [6.07, 6.45) is -4.72. The second-order valence-electron chi connectivity index (χ2n) is 6.45. The van der Waals surface area contributed by atoms with Crippen LogP contribution >= 0.6 is 11.3 Å². The van der Waals surface area contributed by atoms with Crippen LogP contribution in [0.15, 0.2) is 34.5 Å². The lowest BCUT2D eigenvalue weighted by atomic mass is 10.1. The second-order valence-corrected chi connectivity index (χ2v) is 9.73. The van der Waals surface area contributed by atoms with Gasteiger partial charge in [0.25, 0.3) is 10.0 Å². The third kappa shape index (κ3) is 4.02. The van der Waals surface area contributed by atoms with Crippen molar-refractivity contribution in [3.63, 3.8) is 0 Å². The fraction of sp³-hybridized carbons (Fsp3) is 0.412. The van der Waals surface area contributed by atoms with E-state index < -0.39 is 33.6 Å². The molecule has 1 aromatic heterocycles. The number of nitrogens with zero attached hydrogens (tertiary/aromatic N) is 2. The number of rotatable bonds is 4. The van der Waals surface area contributed by atoms with Gasteiger partial charge in [-0.25, -0.2) is 12.8 Å². The lowest BCUT2D eigenvalue weighted by Crippen LogP contribution is -2.54. The minimum absolute atomic E-state index is 0.00939. The summed E-state index contributed by atoms with van der Waals surface area (Å²) >= 11 is 0.956. The highest BCUT2D eigenvalue weighted by Crippen LogP contribution is 2.38. The zero-order chi connectivity index (χ0) is 20.7. The summed E-state index contributed by atoms with van der Waals surface area (Å²) in [7, 11) is -3.82. The first-order chi connectivity index (χ1) is 13.0. The summed E-state index contributed by atoms with van der Waals surface area (Å²) in [4.78, 5) is 1.93. The Balaban J connectivity index is 1.85. The number of piperazine rings is 1. The number of alkyl halides is 3. The third-order valence-electron chi connectivity index (χ3n) is 4.53. The van der Waals surface area contributed by atoms with Gasteiger partial charge in [0.05, 0.1) is 12.2 Å². The lowest BCUT2D eigenvalue weighted by Gasteiger charge is -2.40. The largest absolute Gasteiger partial charge is 0.418 e. The predicted octanol–water partition coefficient (Wildman–Crippen LogP) is 3.30. The molecule has 1 fully saturated rings. The molecule has 1 aliphatic heterocycles.